The van der Waals surface area contributed by atoms with E-state index in [2.05, 4.69) is 15.5 Å². The molecule has 2 N–H and O–H groups in total. The highest BCUT2D eigenvalue weighted by molar-refractivity contribution is 7.80. The Morgan fingerprint density at radius 2 is 2.05 bits per heavy atom. The average Bonchev–Trinajstić information content (AvgIpc) is 2.63. The van der Waals surface area contributed by atoms with E-state index in [0.717, 1.165) is 28.5 Å². The molecule has 7 heteroatoms. The molecular weight excluding hydrogens is 294 g/mol. The molecule has 0 aliphatic rings. The fourth-order valence-corrected chi connectivity index (χ4v) is 2.92. The number of nitrogens with zero attached hydrogens (tertiary/aromatic N) is 1. The van der Waals surface area contributed by atoms with E-state index in [1.165, 1.54) is 18.4 Å². The van der Waals surface area contributed by atoms with Crippen molar-refractivity contribution in [2.24, 2.45) is 0 Å². The number of hydrogen-bond donors (Lipinski definition) is 2. The van der Waals surface area contributed by atoms with Gasteiger partial charge in [0, 0.05) is 18.0 Å². The summed E-state index contributed by atoms with van der Waals surface area (Å²) in [5.41, 5.74) is 1.49. The predicted molar refractivity (Wildman–Crippen MR) is 87.9 cm³/mol. The number of thiophene rings is 1. The van der Waals surface area contributed by atoms with E-state index in [9.17, 15) is 4.79 Å². The van der Waals surface area contributed by atoms with E-state index in [-0.39, 0.29) is 5.97 Å². The third-order valence-corrected chi connectivity index (χ3v) is 4.22. The Morgan fingerprint density at radius 1 is 1.40 bits per heavy atom. The second-order valence-electron chi connectivity index (χ2n) is 4.66. The number of ether oxygens (including phenoxy) is 1. The third-order valence-electron chi connectivity index (χ3n) is 2.85. The maximum Gasteiger partial charge on any atom is 0.341 e. The lowest BCUT2D eigenvalue weighted by Crippen LogP contribution is -2.34. The highest BCUT2D eigenvalue weighted by Gasteiger charge is 2.20. The Bertz CT molecular complexity index is 498. The maximum atomic E-state index is 11.8. The van der Waals surface area contributed by atoms with Gasteiger partial charge in [0.1, 0.15) is 5.00 Å². The lowest BCUT2D eigenvalue weighted by molar-refractivity contribution is 0.0601. The number of likely N-dealkylation sites (N-methyl/N-ethyl adjacent to an activating group) is 1. The molecule has 1 rings (SSSR count). The van der Waals surface area contributed by atoms with Crippen LogP contribution in [0.5, 0.6) is 0 Å². The minimum atomic E-state index is -0.342. The summed E-state index contributed by atoms with van der Waals surface area (Å²) in [5.74, 6) is -0.342. The van der Waals surface area contributed by atoms with Crippen molar-refractivity contribution < 1.29 is 9.53 Å². The second-order valence-corrected chi connectivity index (χ2v) is 6.30. The Kier molecular flexibility index (Phi) is 6.38. The van der Waals surface area contributed by atoms with Crippen molar-refractivity contribution in [1.82, 2.24) is 10.2 Å². The molecular formula is C13H21N3O2S2. The molecule has 0 saturated heterocycles. The van der Waals surface area contributed by atoms with Crippen molar-refractivity contribution in [3.63, 3.8) is 0 Å². The molecule has 20 heavy (non-hydrogen) atoms. The van der Waals surface area contributed by atoms with Crippen LogP contribution in [0, 0.1) is 13.8 Å². The minimum absolute atomic E-state index is 0.342. The summed E-state index contributed by atoms with van der Waals surface area (Å²) < 4.78 is 4.82. The van der Waals surface area contributed by atoms with Crippen molar-refractivity contribution in [3.05, 3.63) is 16.0 Å². The van der Waals surface area contributed by atoms with E-state index in [0.29, 0.717) is 10.7 Å². The lowest BCUT2D eigenvalue weighted by atomic mass is 10.1. The fourth-order valence-electron chi connectivity index (χ4n) is 1.60. The van der Waals surface area contributed by atoms with Crippen LogP contribution in [0.3, 0.4) is 0 Å². The van der Waals surface area contributed by atoms with E-state index in [1.54, 1.807) is 0 Å². The zero-order valence-corrected chi connectivity index (χ0v) is 14.1. The quantitative estimate of drug-likeness (QED) is 0.640. The monoisotopic (exact) mass is 315 g/mol. The van der Waals surface area contributed by atoms with Gasteiger partial charge in [0.25, 0.3) is 0 Å². The lowest BCUT2D eigenvalue weighted by Gasteiger charge is -2.13. The molecule has 1 heterocycles. The van der Waals surface area contributed by atoms with Crippen molar-refractivity contribution in [2.75, 3.05) is 39.6 Å². The van der Waals surface area contributed by atoms with Gasteiger partial charge in [-0.15, -0.1) is 11.3 Å². The molecule has 0 aromatic carbocycles. The first-order valence-electron chi connectivity index (χ1n) is 6.24. The summed E-state index contributed by atoms with van der Waals surface area (Å²) in [4.78, 5) is 15.0. The van der Waals surface area contributed by atoms with Crippen LogP contribution in [-0.2, 0) is 4.74 Å². The van der Waals surface area contributed by atoms with Gasteiger partial charge in [-0.25, -0.2) is 4.79 Å². The van der Waals surface area contributed by atoms with Gasteiger partial charge in [0.2, 0.25) is 0 Å². The van der Waals surface area contributed by atoms with Gasteiger partial charge < -0.3 is 20.3 Å². The molecule has 0 aliphatic heterocycles. The molecule has 0 unspecified atom stereocenters. The van der Waals surface area contributed by atoms with E-state index >= 15 is 0 Å². The van der Waals surface area contributed by atoms with E-state index < -0.39 is 0 Å². The minimum Gasteiger partial charge on any atom is -0.465 e. The molecule has 0 aliphatic carbocycles. The third kappa shape index (κ3) is 4.43. The first-order chi connectivity index (χ1) is 9.36. The van der Waals surface area contributed by atoms with Crippen LogP contribution >= 0.6 is 23.6 Å². The van der Waals surface area contributed by atoms with Crippen molar-refractivity contribution >= 4 is 39.6 Å². The Balaban J connectivity index is 2.74. The standard InChI is InChI=1S/C13H21N3O2S2/c1-8-9(2)20-11(10(8)12(17)18-5)15-13(19)14-6-7-16(3)4/h6-7H2,1-5H3,(H2,14,15,19). The summed E-state index contributed by atoms with van der Waals surface area (Å²) in [6, 6.07) is 0. The highest BCUT2D eigenvalue weighted by Crippen LogP contribution is 2.32. The van der Waals surface area contributed by atoms with Crippen molar-refractivity contribution in [1.29, 1.82) is 0 Å². The largest absolute Gasteiger partial charge is 0.465 e. The molecule has 5 nitrogen and oxygen atoms in total. The second kappa shape index (κ2) is 7.56. The summed E-state index contributed by atoms with van der Waals surface area (Å²) in [7, 11) is 5.38. The number of rotatable bonds is 5. The molecule has 0 amide bonds. The Labute approximate surface area is 129 Å². The number of methoxy groups -OCH3 is 1. The van der Waals surface area contributed by atoms with E-state index in [4.69, 9.17) is 17.0 Å². The van der Waals surface area contributed by atoms with Gasteiger partial charge >= 0.3 is 5.97 Å². The van der Waals surface area contributed by atoms with Gasteiger partial charge in [-0.3, -0.25) is 0 Å². The number of esters is 1. The van der Waals surface area contributed by atoms with Crippen LogP contribution in [0.4, 0.5) is 5.00 Å². The molecule has 1 aromatic rings. The number of hydrogen-bond acceptors (Lipinski definition) is 5. The number of carbonyl (C=O) groups is 1. The molecule has 0 saturated carbocycles. The molecule has 112 valence electrons. The van der Waals surface area contributed by atoms with Gasteiger partial charge in [-0.05, 0) is 45.7 Å². The summed E-state index contributed by atoms with van der Waals surface area (Å²) >= 11 is 6.74. The fraction of sp³-hybridized carbons (Fsp3) is 0.538. The van der Waals surface area contributed by atoms with Crippen molar-refractivity contribution in [2.45, 2.75) is 13.8 Å². The number of aryl methyl sites for hydroxylation is 1. The summed E-state index contributed by atoms with van der Waals surface area (Å²) in [6.07, 6.45) is 0. The van der Waals surface area contributed by atoms with Crippen LogP contribution < -0.4 is 10.6 Å². The topological polar surface area (TPSA) is 53.6 Å². The number of carbonyl (C=O) groups excluding carboxylic acids is 1. The van der Waals surface area contributed by atoms with Gasteiger partial charge in [0.05, 0.1) is 12.7 Å². The molecule has 1 aromatic heterocycles. The number of anilines is 1. The first kappa shape index (κ1) is 16.9. The highest BCUT2D eigenvalue weighted by atomic mass is 32.1. The Hall–Kier alpha value is -1.18. The van der Waals surface area contributed by atoms with Crippen LogP contribution in [0.2, 0.25) is 0 Å². The normalized spacial score (nSPS) is 10.5. The molecule has 0 spiro atoms. The molecule has 0 fully saturated rings. The van der Waals surface area contributed by atoms with Crippen LogP contribution in [0.25, 0.3) is 0 Å². The zero-order valence-electron chi connectivity index (χ0n) is 12.5. The number of thiocarbonyl (C=S) groups is 1. The summed E-state index contributed by atoms with van der Waals surface area (Å²) in [5, 5.41) is 7.43. The summed E-state index contributed by atoms with van der Waals surface area (Å²) in [6.45, 7) is 5.51. The predicted octanol–water partition coefficient (Wildman–Crippen LogP) is 2.00. The Morgan fingerprint density at radius 3 is 2.60 bits per heavy atom. The average molecular weight is 315 g/mol. The van der Waals surface area contributed by atoms with Gasteiger partial charge in [0.15, 0.2) is 5.11 Å². The van der Waals surface area contributed by atoms with Crippen molar-refractivity contribution in [3.8, 4) is 0 Å². The van der Waals surface area contributed by atoms with Gasteiger partial charge in [-0.2, -0.15) is 0 Å². The first-order valence-corrected chi connectivity index (χ1v) is 7.47. The van der Waals surface area contributed by atoms with E-state index in [1.807, 2.05) is 27.9 Å². The smallest absolute Gasteiger partial charge is 0.341 e. The van der Waals surface area contributed by atoms with Gasteiger partial charge in [-0.1, -0.05) is 0 Å². The molecule has 0 atom stereocenters. The van der Waals surface area contributed by atoms with Crippen LogP contribution in [-0.4, -0.2) is 50.3 Å². The maximum absolute atomic E-state index is 11.8. The van der Waals surface area contributed by atoms with Crippen LogP contribution in [0.15, 0.2) is 0 Å². The van der Waals surface area contributed by atoms with Crippen LogP contribution in [0.1, 0.15) is 20.8 Å². The molecule has 0 radical (unpaired) electrons. The zero-order chi connectivity index (χ0) is 15.3. The molecule has 0 bridgehead atoms. The number of nitrogens with one attached hydrogen (secondary N) is 2. The SMILES string of the molecule is COC(=O)c1c(NC(=S)NCCN(C)C)sc(C)c1C.